The van der Waals surface area contributed by atoms with Crippen molar-refractivity contribution in [1.82, 2.24) is 9.80 Å². The van der Waals surface area contributed by atoms with E-state index in [1.807, 2.05) is 7.05 Å². The van der Waals surface area contributed by atoms with E-state index in [9.17, 15) is 13.2 Å². The van der Waals surface area contributed by atoms with Gasteiger partial charge in [0.1, 0.15) is 4.90 Å². The Morgan fingerprint density at radius 2 is 1.72 bits per heavy atom. The van der Waals surface area contributed by atoms with E-state index in [1.54, 1.807) is 29.2 Å². The van der Waals surface area contributed by atoms with Crippen LogP contribution in [0, 0.1) is 0 Å². The maximum absolute atomic E-state index is 12.8. The Kier molecular flexibility index (Phi) is 6.73. The van der Waals surface area contributed by atoms with Gasteiger partial charge in [0.25, 0.3) is 15.9 Å². The fourth-order valence-corrected chi connectivity index (χ4v) is 5.15. The van der Waals surface area contributed by atoms with Gasteiger partial charge < -0.3 is 9.80 Å². The van der Waals surface area contributed by atoms with Crippen molar-refractivity contribution in [2.24, 2.45) is 0 Å². The summed E-state index contributed by atoms with van der Waals surface area (Å²) < 4.78 is 27.7. The number of benzene rings is 2. The summed E-state index contributed by atoms with van der Waals surface area (Å²) in [6, 6.07) is 10.8. The number of hydrogen-bond acceptors (Lipinski definition) is 4. The standard InChI is InChI=1S/C20H23Cl2N3O3S/c1-24-11-9-17(10-12-24)25(2)20(26)14-3-6-16(7-4-14)23-29(27,28)19-13-15(21)5-8-18(19)22/h3-8,13,17,23H,9-12H2,1-2H3. The molecule has 0 unspecified atom stereocenters. The van der Waals surface area contributed by atoms with Crippen LogP contribution >= 0.6 is 23.2 Å². The van der Waals surface area contributed by atoms with Gasteiger partial charge in [-0.15, -0.1) is 0 Å². The number of sulfonamides is 1. The molecule has 6 nitrogen and oxygen atoms in total. The van der Waals surface area contributed by atoms with Gasteiger partial charge in [0, 0.05) is 29.4 Å². The third-order valence-corrected chi connectivity index (χ3v) is 7.22. The molecular weight excluding hydrogens is 433 g/mol. The van der Waals surface area contributed by atoms with Crippen molar-refractivity contribution in [1.29, 1.82) is 0 Å². The molecule has 9 heteroatoms. The van der Waals surface area contributed by atoms with Crippen LogP contribution in [0.5, 0.6) is 0 Å². The number of nitrogens with one attached hydrogen (secondary N) is 1. The topological polar surface area (TPSA) is 69.7 Å². The molecular formula is C20H23Cl2N3O3S. The van der Waals surface area contributed by atoms with Crippen LogP contribution in [0.15, 0.2) is 47.4 Å². The van der Waals surface area contributed by atoms with Gasteiger partial charge in [0.15, 0.2) is 0 Å². The highest BCUT2D eigenvalue weighted by Gasteiger charge is 2.25. The smallest absolute Gasteiger partial charge is 0.263 e. The molecule has 0 aromatic heterocycles. The summed E-state index contributed by atoms with van der Waals surface area (Å²) in [7, 11) is -0.0114. The van der Waals surface area contributed by atoms with E-state index in [0.29, 0.717) is 11.3 Å². The lowest BCUT2D eigenvalue weighted by molar-refractivity contribution is 0.0659. The van der Waals surface area contributed by atoms with E-state index in [-0.39, 0.29) is 26.9 Å². The monoisotopic (exact) mass is 455 g/mol. The summed E-state index contributed by atoms with van der Waals surface area (Å²) in [6.45, 7) is 1.93. The zero-order valence-electron chi connectivity index (χ0n) is 16.2. The molecule has 156 valence electrons. The van der Waals surface area contributed by atoms with Crippen LogP contribution in [0.2, 0.25) is 10.0 Å². The lowest BCUT2D eigenvalue weighted by Gasteiger charge is -2.35. The van der Waals surface area contributed by atoms with Crippen LogP contribution in [0.1, 0.15) is 23.2 Å². The van der Waals surface area contributed by atoms with Gasteiger partial charge in [-0.1, -0.05) is 23.2 Å². The molecule has 0 aliphatic carbocycles. The van der Waals surface area contributed by atoms with E-state index >= 15 is 0 Å². The Bertz CT molecular complexity index is 989. The summed E-state index contributed by atoms with van der Waals surface area (Å²) in [5, 5.41) is 0.348. The van der Waals surface area contributed by atoms with Crippen molar-refractivity contribution < 1.29 is 13.2 Å². The van der Waals surface area contributed by atoms with Crippen molar-refractivity contribution in [3.63, 3.8) is 0 Å². The molecule has 0 saturated carbocycles. The van der Waals surface area contributed by atoms with Crippen LogP contribution < -0.4 is 4.72 Å². The molecule has 1 fully saturated rings. The average molecular weight is 456 g/mol. The number of hydrogen-bond donors (Lipinski definition) is 1. The molecule has 0 atom stereocenters. The molecule has 1 amide bonds. The first-order valence-corrected chi connectivity index (χ1v) is 11.4. The molecule has 0 radical (unpaired) electrons. The Labute approximate surface area is 181 Å². The second kappa shape index (κ2) is 8.92. The van der Waals surface area contributed by atoms with E-state index in [0.717, 1.165) is 25.9 Å². The maximum atomic E-state index is 12.8. The summed E-state index contributed by atoms with van der Waals surface area (Å²) in [5.74, 6) is -0.0770. The van der Waals surface area contributed by atoms with Crippen LogP contribution in [-0.2, 0) is 10.0 Å². The van der Waals surface area contributed by atoms with E-state index < -0.39 is 10.0 Å². The minimum atomic E-state index is -3.90. The Morgan fingerprint density at radius 3 is 2.34 bits per heavy atom. The van der Waals surface area contributed by atoms with Crippen molar-refractivity contribution in [3.8, 4) is 0 Å². The number of carbonyl (C=O) groups is 1. The SMILES string of the molecule is CN1CCC(N(C)C(=O)c2ccc(NS(=O)(=O)c3cc(Cl)ccc3Cl)cc2)CC1. The lowest BCUT2D eigenvalue weighted by atomic mass is 10.0. The first kappa shape index (κ1) is 21.9. The molecule has 0 bridgehead atoms. The first-order chi connectivity index (χ1) is 13.7. The van der Waals surface area contributed by atoms with Gasteiger partial charge in [-0.25, -0.2) is 8.42 Å². The normalized spacial score (nSPS) is 15.9. The average Bonchev–Trinajstić information content (AvgIpc) is 2.69. The van der Waals surface area contributed by atoms with E-state index in [1.165, 1.54) is 18.2 Å². The fraction of sp³-hybridized carbons (Fsp3) is 0.350. The second-order valence-corrected chi connectivity index (χ2v) is 9.70. The van der Waals surface area contributed by atoms with Gasteiger partial charge in [-0.05, 0) is 75.4 Å². The molecule has 29 heavy (non-hydrogen) atoms. The van der Waals surface area contributed by atoms with Crippen molar-refractivity contribution in [2.45, 2.75) is 23.8 Å². The number of carbonyl (C=O) groups excluding carboxylic acids is 1. The molecule has 1 saturated heterocycles. The van der Waals surface area contributed by atoms with Gasteiger partial charge in [-0.3, -0.25) is 9.52 Å². The summed E-state index contributed by atoms with van der Waals surface area (Å²) in [5.41, 5.74) is 0.842. The first-order valence-electron chi connectivity index (χ1n) is 9.21. The Hall–Kier alpha value is -1.80. The summed E-state index contributed by atoms with van der Waals surface area (Å²) in [6.07, 6.45) is 1.88. The van der Waals surface area contributed by atoms with Crippen molar-refractivity contribution >= 4 is 44.8 Å². The third-order valence-electron chi connectivity index (χ3n) is 5.12. The highest BCUT2D eigenvalue weighted by Crippen LogP contribution is 2.27. The molecule has 3 rings (SSSR count). The highest BCUT2D eigenvalue weighted by atomic mass is 35.5. The number of amides is 1. The number of nitrogens with zero attached hydrogens (tertiary/aromatic N) is 2. The minimum absolute atomic E-state index is 0.0770. The maximum Gasteiger partial charge on any atom is 0.263 e. The predicted octanol–water partition coefficient (Wildman–Crippen LogP) is 3.96. The van der Waals surface area contributed by atoms with Crippen molar-refractivity contribution in [3.05, 3.63) is 58.1 Å². The van der Waals surface area contributed by atoms with Crippen LogP contribution in [0.4, 0.5) is 5.69 Å². The van der Waals surface area contributed by atoms with Crippen LogP contribution in [-0.4, -0.2) is 57.4 Å². The Balaban J connectivity index is 1.71. The van der Waals surface area contributed by atoms with Crippen molar-refractivity contribution in [2.75, 3.05) is 31.9 Å². The third kappa shape index (κ3) is 5.22. The van der Waals surface area contributed by atoms with Gasteiger partial charge in [0.2, 0.25) is 0 Å². The molecule has 1 N–H and O–H groups in total. The largest absolute Gasteiger partial charge is 0.339 e. The minimum Gasteiger partial charge on any atom is -0.339 e. The highest BCUT2D eigenvalue weighted by molar-refractivity contribution is 7.92. The number of likely N-dealkylation sites (tertiary alicyclic amines) is 1. The molecule has 1 aliphatic heterocycles. The van der Waals surface area contributed by atoms with Gasteiger partial charge in [-0.2, -0.15) is 0 Å². The van der Waals surface area contributed by atoms with Gasteiger partial charge in [0.05, 0.1) is 5.02 Å². The zero-order chi connectivity index (χ0) is 21.2. The van der Waals surface area contributed by atoms with Crippen LogP contribution in [0.3, 0.4) is 0 Å². The fourth-order valence-electron chi connectivity index (χ4n) is 3.33. The summed E-state index contributed by atoms with van der Waals surface area (Å²) in [4.78, 5) is 16.7. The number of piperidine rings is 1. The predicted molar refractivity (Wildman–Crippen MR) is 116 cm³/mol. The lowest BCUT2D eigenvalue weighted by Crippen LogP contribution is -2.44. The molecule has 2 aromatic rings. The molecule has 1 heterocycles. The number of halogens is 2. The molecule has 2 aromatic carbocycles. The van der Waals surface area contributed by atoms with E-state index in [2.05, 4.69) is 16.7 Å². The zero-order valence-corrected chi connectivity index (χ0v) is 18.6. The quantitative estimate of drug-likeness (QED) is 0.740. The second-order valence-electron chi connectivity index (χ2n) is 7.21. The molecule has 1 aliphatic rings. The number of rotatable bonds is 5. The van der Waals surface area contributed by atoms with E-state index in [4.69, 9.17) is 23.2 Å². The summed E-state index contributed by atoms with van der Waals surface area (Å²) >= 11 is 11.9. The Morgan fingerprint density at radius 1 is 1.10 bits per heavy atom. The molecule has 0 spiro atoms. The van der Waals surface area contributed by atoms with Crippen LogP contribution in [0.25, 0.3) is 0 Å². The van der Waals surface area contributed by atoms with Gasteiger partial charge >= 0.3 is 0 Å². The number of anilines is 1.